The fraction of sp³-hybridized carbons (Fsp3) is 0.909. The molecular weight excluding hydrogens is 192 g/mol. The van der Waals surface area contributed by atoms with E-state index in [4.69, 9.17) is 10.5 Å². The first-order chi connectivity index (χ1) is 7.22. The molecule has 88 valence electrons. The molecular formula is C11H22N2O2. The van der Waals surface area contributed by atoms with Gasteiger partial charge < -0.3 is 15.8 Å². The fourth-order valence-corrected chi connectivity index (χ4v) is 2.09. The highest BCUT2D eigenvalue weighted by Gasteiger charge is 2.31. The number of hydrogen-bond acceptors (Lipinski definition) is 3. The van der Waals surface area contributed by atoms with Gasteiger partial charge >= 0.3 is 0 Å². The summed E-state index contributed by atoms with van der Waals surface area (Å²) in [6, 6.07) is 0. The smallest absolute Gasteiger partial charge is 0.222 e. The second kappa shape index (κ2) is 6.08. The molecule has 0 aromatic rings. The van der Waals surface area contributed by atoms with E-state index in [2.05, 4.69) is 5.32 Å². The number of carbonyl (C=O) groups is 1. The molecule has 3 N–H and O–H groups in total. The summed E-state index contributed by atoms with van der Waals surface area (Å²) in [5.41, 5.74) is 5.62. The van der Waals surface area contributed by atoms with Gasteiger partial charge in [0, 0.05) is 20.0 Å². The first-order valence-corrected chi connectivity index (χ1v) is 5.77. The first kappa shape index (κ1) is 12.5. The van der Waals surface area contributed by atoms with Crippen LogP contribution in [-0.2, 0) is 9.53 Å². The van der Waals surface area contributed by atoms with Gasteiger partial charge in [0.1, 0.15) is 0 Å². The van der Waals surface area contributed by atoms with Gasteiger partial charge in [0.2, 0.25) is 5.91 Å². The van der Waals surface area contributed by atoms with E-state index >= 15 is 0 Å². The molecule has 1 fully saturated rings. The van der Waals surface area contributed by atoms with Crippen molar-refractivity contribution >= 4 is 5.91 Å². The zero-order chi connectivity index (χ0) is 11.1. The first-order valence-electron chi connectivity index (χ1n) is 5.77. The van der Waals surface area contributed by atoms with Crippen molar-refractivity contribution in [1.29, 1.82) is 0 Å². The van der Waals surface area contributed by atoms with E-state index in [0.29, 0.717) is 19.6 Å². The third kappa shape index (κ3) is 3.80. The Hall–Kier alpha value is -0.610. The van der Waals surface area contributed by atoms with Gasteiger partial charge in [-0.1, -0.05) is 19.3 Å². The Kier molecular flexibility index (Phi) is 5.05. The van der Waals surface area contributed by atoms with Gasteiger partial charge in [-0.05, 0) is 12.8 Å². The summed E-state index contributed by atoms with van der Waals surface area (Å²) in [6.07, 6.45) is 6.17. The van der Waals surface area contributed by atoms with Crippen LogP contribution in [0.4, 0.5) is 0 Å². The highest BCUT2D eigenvalue weighted by atomic mass is 16.5. The van der Waals surface area contributed by atoms with Gasteiger partial charge in [0.25, 0.3) is 0 Å². The van der Waals surface area contributed by atoms with Crippen LogP contribution in [0.25, 0.3) is 0 Å². The lowest BCUT2D eigenvalue weighted by Crippen LogP contribution is -2.43. The third-order valence-corrected chi connectivity index (χ3v) is 3.15. The van der Waals surface area contributed by atoms with Crippen molar-refractivity contribution in [3.05, 3.63) is 0 Å². The number of hydrogen-bond donors (Lipinski definition) is 2. The summed E-state index contributed by atoms with van der Waals surface area (Å²) in [7, 11) is 1.64. The van der Waals surface area contributed by atoms with Crippen LogP contribution in [0.2, 0.25) is 0 Å². The Labute approximate surface area is 91.5 Å². The van der Waals surface area contributed by atoms with Crippen LogP contribution in [0.3, 0.4) is 0 Å². The lowest BCUT2D eigenvalue weighted by atomic mass is 9.85. The topological polar surface area (TPSA) is 64.3 Å². The molecule has 0 aliphatic heterocycles. The van der Waals surface area contributed by atoms with Crippen LogP contribution in [0, 0.1) is 0 Å². The minimum Gasteiger partial charge on any atom is -0.373 e. The summed E-state index contributed by atoms with van der Waals surface area (Å²) in [6.45, 7) is 1.05. The highest BCUT2D eigenvalue weighted by Crippen LogP contribution is 2.30. The quantitative estimate of drug-likeness (QED) is 0.711. The molecule has 0 saturated heterocycles. The normalized spacial score (nSPS) is 19.9. The lowest BCUT2D eigenvalue weighted by molar-refractivity contribution is -0.124. The maximum Gasteiger partial charge on any atom is 0.222 e. The van der Waals surface area contributed by atoms with Crippen LogP contribution < -0.4 is 11.1 Å². The van der Waals surface area contributed by atoms with Crippen LogP contribution in [-0.4, -0.2) is 31.7 Å². The minimum absolute atomic E-state index is 0.0259. The molecule has 0 atom stereocenters. The number of rotatable bonds is 5. The average molecular weight is 214 g/mol. The van der Waals surface area contributed by atoms with E-state index in [9.17, 15) is 4.79 Å². The maximum atomic E-state index is 11.0. The second-order valence-electron chi connectivity index (χ2n) is 4.22. The van der Waals surface area contributed by atoms with Crippen LogP contribution >= 0.6 is 0 Å². The minimum atomic E-state index is -0.147. The Morgan fingerprint density at radius 2 is 2.07 bits per heavy atom. The van der Waals surface area contributed by atoms with E-state index < -0.39 is 0 Å². The van der Waals surface area contributed by atoms with Gasteiger partial charge in [-0.25, -0.2) is 0 Å². The molecule has 0 aromatic carbocycles. The molecule has 0 radical (unpaired) electrons. The molecule has 0 heterocycles. The molecule has 0 bridgehead atoms. The number of carbonyl (C=O) groups excluding carboxylic acids is 1. The van der Waals surface area contributed by atoms with Crippen molar-refractivity contribution in [1.82, 2.24) is 5.32 Å². The van der Waals surface area contributed by atoms with Crippen LogP contribution in [0.15, 0.2) is 0 Å². The summed E-state index contributed by atoms with van der Waals surface area (Å²) in [5, 5.41) is 2.58. The van der Waals surface area contributed by atoms with Gasteiger partial charge in [0.05, 0.1) is 12.2 Å². The van der Waals surface area contributed by atoms with E-state index in [0.717, 1.165) is 12.8 Å². The Bertz CT molecular complexity index is 201. The molecule has 4 nitrogen and oxygen atoms in total. The van der Waals surface area contributed by atoms with Crippen molar-refractivity contribution in [3.63, 3.8) is 0 Å². The van der Waals surface area contributed by atoms with Crippen molar-refractivity contribution in [2.75, 3.05) is 20.2 Å². The van der Waals surface area contributed by atoms with E-state index in [-0.39, 0.29) is 11.5 Å². The Morgan fingerprint density at radius 1 is 1.40 bits per heavy atom. The molecule has 1 aliphatic rings. The van der Waals surface area contributed by atoms with Crippen LogP contribution in [0.1, 0.15) is 38.5 Å². The molecule has 0 aromatic heterocycles. The number of ether oxygens (including phenoxy) is 1. The van der Waals surface area contributed by atoms with Crippen molar-refractivity contribution < 1.29 is 9.53 Å². The molecule has 1 saturated carbocycles. The third-order valence-electron chi connectivity index (χ3n) is 3.15. The maximum absolute atomic E-state index is 11.0. The summed E-state index contributed by atoms with van der Waals surface area (Å²) in [4.78, 5) is 11.0. The molecule has 0 unspecified atom stereocenters. The van der Waals surface area contributed by atoms with E-state index in [1.807, 2.05) is 0 Å². The van der Waals surface area contributed by atoms with Crippen molar-refractivity contribution in [3.8, 4) is 0 Å². The molecule has 0 spiro atoms. The number of amides is 1. The van der Waals surface area contributed by atoms with Gasteiger partial charge in [-0.3, -0.25) is 4.79 Å². The van der Waals surface area contributed by atoms with Gasteiger partial charge in [0.15, 0.2) is 0 Å². The van der Waals surface area contributed by atoms with Gasteiger partial charge in [-0.2, -0.15) is 0 Å². The molecule has 4 heteroatoms. The predicted octanol–water partition coefficient (Wildman–Crippen LogP) is 0.801. The Morgan fingerprint density at radius 3 is 2.60 bits per heavy atom. The number of nitrogens with one attached hydrogen (secondary N) is 1. The SMILES string of the molecule is CNC(=O)CCOC1(CN)CCCCC1. The van der Waals surface area contributed by atoms with E-state index in [1.165, 1.54) is 19.3 Å². The molecule has 15 heavy (non-hydrogen) atoms. The van der Waals surface area contributed by atoms with Crippen molar-refractivity contribution in [2.45, 2.75) is 44.1 Å². The molecule has 1 aliphatic carbocycles. The second-order valence-corrected chi connectivity index (χ2v) is 4.22. The molecule has 1 rings (SSSR count). The fourth-order valence-electron chi connectivity index (χ4n) is 2.09. The van der Waals surface area contributed by atoms with E-state index in [1.54, 1.807) is 7.05 Å². The zero-order valence-electron chi connectivity index (χ0n) is 9.55. The van der Waals surface area contributed by atoms with Crippen LogP contribution in [0.5, 0.6) is 0 Å². The molecule has 1 amide bonds. The Balaban J connectivity index is 2.29. The summed E-state index contributed by atoms with van der Waals surface area (Å²) < 4.78 is 5.81. The summed E-state index contributed by atoms with van der Waals surface area (Å²) in [5.74, 6) is 0.0259. The van der Waals surface area contributed by atoms with Crippen molar-refractivity contribution in [2.24, 2.45) is 5.73 Å². The van der Waals surface area contributed by atoms with Gasteiger partial charge in [-0.15, -0.1) is 0 Å². The zero-order valence-corrected chi connectivity index (χ0v) is 9.55. The highest BCUT2D eigenvalue weighted by molar-refractivity contribution is 5.75. The monoisotopic (exact) mass is 214 g/mol. The lowest BCUT2D eigenvalue weighted by Gasteiger charge is -2.36. The average Bonchev–Trinajstić information content (AvgIpc) is 2.30. The number of nitrogens with two attached hydrogens (primary N) is 1. The predicted molar refractivity (Wildman–Crippen MR) is 59.5 cm³/mol. The largest absolute Gasteiger partial charge is 0.373 e. The standard InChI is InChI=1S/C11H22N2O2/c1-13-10(14)5-8-15-11(9-12)6-3-2-4-7-11/h2-9,12H2,1H3,(H,13,14). The summed E-state index contributed by atoms with van der Waals surface area (Å²) >= 11 is 0.